The van der Waals surface area contributed by atoms with Crippen LogP contribution < -0.4 is 5.32 Å². The number of hydrogen-bond donors (Lipinski definition) is 2. The Morgan fingerprint density at radius 2 is 2.31 bits per heavy atom. The molecule has 13 heavy (non-hydrogen) atoms. The van der Waals surface area contributed by atoms with Crippen molar-refractivity contribution in [1.29, 1.82) is 0 Å². The van der Waals surface area contributed by atoms with Crippen LogP contribution >= 0.6 is 28.6 Å². The molecule has 2 nitrogen and oxygen atoms in total. The van der Waals surface area contributed by atoms with Crippen molar-refractivity contribution in [3.8, 4) is 0 Å². The fourth-order valence-electron chi connectivity index (χ4n) is 0.933. The van der Waals surface area contributed by atoms with E-state index in [0.29, 0.717) is 0 Å². The third-order valence-corrected chi connectivity index (χ3v) is 2.83. The van der Waals surface area contributed by atoms with Crippen molar-refractivity contribution in [2.24, 2.45) is 0 Å². The van der Waals surface area contributed by atoms with Crippen molar-refractivity contribution in [2.45, 2.75) is 6.92 Å². The topological polar surface area (TPSA) is 29.1 Å². The Hall–Kier alpha value is -0.480. The minimum absolute atomic E-state index is 0.0930. The van der Waals surface area contributed by atoms with Crippen molar-refractivity contribution >= 4 is 40.2 Å². The minimum Gasteiger partial charge on any atom is -0.325 e. The Morgan fingerprint density at radius 1 is 1.62 bits per heavy atom. The second-order valence-corrected chi connectivity index (χ2v) is 3.79. The summed E-state index contributed by atoms with van der Waals surface area (Å²) in [7, 11) is 0. The third kappa shape index (κ3) is 2.74. The number of carbonyl (C=O) groups excluding carboxylic acids is 1. The zero-order chi connectivity index (χ0) is 9.84. The highest BCUT2D eigenvalue weighted by Crippen LogP contribution is 2.23. The van der Waals surface area contributed by atoms with Crippen LogP contribution in [0.5, 0.6) is 0 Å². The average molecular weight is 260 g/mol. The van der Waals surface area contributed by atoms with Crippen LogP contribution in [0.3, 0.4) is 0 Å². The molecule has 0 aromatic heterocycles. The lowest BCUT2D eigenvalue weighted by molar-refractivity contribution is -0.113. The van der Waals surface area contributed by atoms with Crippen LogP contribution in [0.15, 0.2) is 22.7 Å². The van der Waals surface area contributed by atoms with Crippen molar-refractivity contribution in [2.75, 3.05) is 11.1 Å². The fraction of sp³-hybridized carbons (Fsp3) is 0.222. The van der Waals surface area contributed by atoms with Gasteiger partial charge in [0.25, 0.3) is 0 Å². The second kappa shape index (κ2) is 4.67. The summed E-state index contributed by atoms with van der Waals surface area (Å²) in [5.41, 5.74) is 1.85. The van der Waals surface area contributed by atoms with Gasteiger partial charge in [0.05, 0.1) is 5.75 Å². The van der Waals surface area contributed by atoms with E-state index in [4.69, 9.17) is 0 Å². The number of amides is 1. The molecule has 0 atom stereocenters. The predicted octanol–water partition coefficient (Wildman–Crippen LogP) is 2.63. The monoisotopic (exact) mass is 259 g/mol. The van der Waals surface area contributed by atoms with Gasteiger partial charge < -0.3 is 5.32 Å². The molecule has 1 N–H and O–H groups in total. The molecule has 0 aliphatic carbocycles. The van der Waals surface area contributed by atoms with E-state index < -0.39 is 0 Å². The van der Waals surface area contributed by atoms with Crippen molar-refractivity contribution in [1.82, 2.24) is 0 Å². The molecule has 0 fully saturated rings. The van der Waals surface area contributed by atoms with E-state index in [1.54, 1.807) is 0 Å². The third-order valence-electron chi connectivity index (χ3n) is 1.69. The first-order valence-corrected chi connectivity index (χ1v) is 5.23. The van der Waals surface area contributed by atoms with Gasteiger partial charge in [-0.2, -0.15) is 12.6 Å². The van der Waals surface area contributed by atoms with E-state index in [2.05, 4.69) is 33.9 Å². The maximum Gasteiger partial charge on any atom is 0.234 e. The van der Waals surface area contributed by atoms with Gasteiger partial charge in [0.1, 0.15) is 0 Å². The zero-order valence-corrected chi connectivity index (χ0v) is 9.65. The van der Waals surface area contributed by atoms with Crippen LogP contribution in [0.1, 0.15) is 5.56 Å². The molecule has 0 bridgehead atoms. The average Bonchev–Trinajstić information content (AvgIpc) is 2.13. The zero-order valence-electron chi connectivity index (χ0n) is 7.17. The number of carbonyl (C=O) groups is 1. The highest BCUT2D eigenvalue weighted by Gasteiger charge is 2.03. The highest BCUT2D eigenvalue weighted by molar-refractivity contribution is 9.10. The van der Waals surface area contributed by atoms with Gasteiger partial charge in [-0.3, -0.25) is 4.79 Å². The highest BCUT2D eigenvalue weighted by atomic mass is 79.9. The molecule has 0 unspecified atom stereocenters. The van der Waals surface area contributed by atoms with Crippen LogP contribution in [-0.4, -0.2) is 11.7 Å². The number of thiol groups is 1. The molecule has 0 saturated carbocycles. The van der Waals surface area contributed by atoms with Crippen LogP contribution in [-0.2, 0) is 4.79 Å². The second-order valence-electron chi connectivity index (χ2n) is 2.62. The number of anilines is 1. The Labute approximate surface area is 91.3 Å². The summed E-state index contributed by atoms with van der Waals surface area (Å²) < 4.78 is 0.990. The molecule has 0 heterocycles. The Kier molecular flexibility index (Phi) is 3.81. The van der Waals surface area contributed by atoms with E-state index in [9.17, 15) is 4.79 Å². The Morgan fingerprint density at radius 3 is 2.92 bits per heavy atom. The maximum atomic E-state index is 11.0. The summed E-state index contributed by atoms with van der Waals surface area (Å²) in [5, 5.41) is 2.76. The standard InChI is InChI=1S/C9H10BrNOS/c1-6-7(10)3-2-4-8(6)11-9(12)5-13/h2-4,13H,5H2,1H3,(H,11,12). The lowest BCUT2D eigenvalue weighted by atomic mass is 10.2. The number of rotatable bonds is 2. The van der Waals surface area contributed by atoms with Crippen LogP contribution in [0.4, 0.5) is 5.69 Å². The lowest BCUT2D eigenvalue weighted by Crippen LogP contribution is -2.13. The molecule has 1 aromatic rings. The van der Waals surface area contributed by atoms with E-state index in [-0.39, 0.29) is 11.7 Å². The Bertz CT molecular complexity index is 327. The number of halogens is 1. The summed E-state index contributed by atoms with van der Waals surface area (Å²) in [5.74, 6) is 0.107. The fourth-order valence-corrected chi connectivity index (χ4v) is 1.38. The van der Waals surface area contributed by atoms with E-state index in [1.807, 2.05) is 25.1 Å². The SMILES string of the molecule is Cc1c(Br)cccc1NC(=O)CS. The number of nitrogens with one attached hydrogen (secondary N) is 1. The molecular weight excluding hydrogens is 250 g/mol. The summed E-state index contributed by atoms with van der Waals surface area (Å²) in [4.78, 5) is 11.0. The molecular formula is C9H10BrNOS. The van der Waals surface area contributed by atoms with Crippen molar-refractivity contribution in [3.05, 3.63) is 28.2 Å². The summed E-state index contributed by atoms with van der Waals surface area (Å²) >= 11 is 7.27. The van der Waals surface area contributed by atoms with Gasteiger partial charge in [-0.25, -0.2) is 0 Å². The molecule has 1 aromatic carbocycles. The first-order chi connectivity index (χ1) is 6.15. The van der Waals surface area contributed by atoms with Crippen LogP contribution in [0.25, 0.3) is 0 Å². The number of hydrogen-bond acceptors (Lipinski definition) is 2. The summed E-state index contributed by atoms with van der Waals surface area (Å²) in [6.45, 7) is 1.94. The smallest absolute Gasteiger partial charge is 0.234 e. The lowest BCUT2D eigenvalue weighted by Gasteiger charge is -2.07. The van der Waals surface area contributed by atoms with Gasteiger partial charge in [-0.05, 0) is 24.6 Å². The molecule has 0 spiro atoms. The van der Waals surface area contributed by atoms with Gasteiger partial charge in [-0.15, -0.1) is 0 Å². The minimum atomic E-state index is -0.0930. The van der Waals surface area contributed by atoms with E-state index in [0.717, 1.165) is 15.7 Å². The maximum absolute atomic E-state index is 11.0. The normalized spacial score (nSPS) is 9.77. The van der Waals surface area contributed by atoms with Gasteiger partial charge in [0, 0.05) is 10.2 Å². The summed E-state index contributed by atoms with van der Waals surface area (Å²) in [6.07, 6.45) is 0. The molecule has 0 radical (unpaired) electrons. The van der Waals surface area contributed by atoms with E-state index >= 15 is 0 Å². The first kappa shape index (κ1) is 10.6. The molecule has 4 heteroatoms. The summed E-state index contributed by atoms with van der Waals surface area (Å²) in [6, 6.07) is 5.68. The molecule has 1 amide bonds. The van der Waals surface area contributed by atoms with E-state index in [1.165, 1.54) is 0 Å². The first-order valence-electron chi connectivity index (χ1n) is 3.81. The molecule has 0 saturated heterocycles. The van der Waals surface area contributed by atoms with Crippen molar-refractivity contribution in [3.63, 3.8) is 0 Å². The van der Waals surface area contributed by atoms with Crippen LogP contribution in [0.2, 0.25) is 0 Å². The van der Waals surface area contributed by atoms with Crippen molar-refractivity contribution < 1.29 is 4.79 Å². The number of benzene rings is 1. The molecule has 1 rings (SSSR count). The molecule has 0 aliphatic rings. The predicted molar refractivity (Wildman–Crippen MR) is 61.4 cm³/mol. The molecule has 0 aliphatic heterocycles. The quantitative estimate of drug-likeness (QED) is 0.786. The van der Waals surface area contributed by atoms with Gasteiger partial charge in [0.2, 0.25) is 5.91 Å². The largest absolute Gasteiger partial charge is 0.325 e. The van der Waals surface area contributed by atoms with Gasteiger partial charge in [0.15, 0.2) is 0 Å². The Balaban J connectivity index is 2.89. The van der Waals surface area contributed by atoms with Crippen LogP contribution in [0, 0.1) is 6.92 Å². The van der Waals surface area contributed by atoms with Gasteiger partial charge >= 0.3 is 0 Å². The van der Waals surface area contributed by atoms with Gasteiger partial charge in [-0.1, -0.05) is 22.0 Å². The molecule has 70 valence electrons.